The van der Waals surface area contributed by atoms with Crippen LogP contribution in [0.3, 0.4) is 0 Å². The van der Waals surface area contributed by atoms with E-state index in [9.17, 15) is 27.6 Å². The highest BCUT2D eigenvalue weighted by Gasteiger charge is 2.61. The molecule has 4 atom stereocenters. The molecule has 2 fully saturated rings. The summed E-state index contributed by atoms with van der Waals surface area (Å²) in [6, 6.07) is 4.94. The molecule has 1 aromatic carbocycles. The number of halogens is 1. The molecule has 3 aliphatic rings. The Morgan fingerprint density at radius 1 is 1.11 bits per heavy atom. The molecule has 1 aromatic rings. The molecule has 4 amide bonds. The standard InChI is InChI=1S/C31H44ClN5O7S/c1-30(2,3)44-29(41)33-24-12-9-7-5-6-8-11-22-19-31(22,34-26(38)25-13-10-18-37(25)27(24)39)28(40)35-45(42,43)36(4)20-21-14-16-23(32)17-15-21/h8,11,14-17,22,24-25H,5-7,9-10,12-13,18-20H2,1-4H3,(H,33,41)(H,34,38)(H,35,40)/b11-8-/t22?,24-,25-,31+/m0/s1. The highest BCUT2D eigenvalue weighted by atomic mass is 35.5. The van der Waals surface area contributed by atoms with E-state index in [1.807, 2.05) is 12.2 Å². The lowest BCUT2D eigenvalue weighted by Crippen LogP contribution is -2.59. The van der Waals surface area contributed by atoms with Crippen LogP contribution in [0.2, 0.25) is 5.02 Å². The lowest BCUT2D eigenvalue weighted by atomic mass is 10.0. The molecule has 14 heteroatoms. The number of carbonyl (C=O) groups is 4. The van der Waals surface area contributed by atoms with E-state index >= 15 is 0 Å². The zero-order valence-electron chi connectivity index (χ0n) is 26.3. The van der Waals surface area contributed by atoms with Gasteiger partial charge in [0.2, 0.25) is 11.8 Å². The Labute approximate surface area is 270 Å². The van der Waals surface area contributed by atoms with Crippen LogP contribution < -0.4 is 15.4 Å². The Morgan fingerprint density at radius 2 is 1.82 bits per heavy atom. The molecule has 45 heavy (non-hydrogen) atoms. The van der Waals surface area contributed by atoms with Crippen LogP contribution in [0.5, 0.6) is 0 Å². The molecule has 3 N–H and O–H groups in total. The lowest BCUT2D eigenvalue weighted by molar-refractivity contribution is -0.141. The number of fused-ring (bicyclic) bond motifs is 2. The zero-order valence-corrected chi connectivity index (χ0v) is 27.9. The van der Waals surface area contributed by atoms with Crippen molar-refractivity contribution in [2.24, 2.45) is 5.92 Å². The van der Waals surface area contributed by atoms with Crippen LogP contribution in [0.25, 0.3) is 0 Å². The van der Waals surface area contributed by atoms with Crippen LogP contribution >= 0.6 is 11.6 Å². The molecule has 2 heterocycles. The predicted octanol–water partition coefficient (Wildman–Crippen LogP) is 3.41. The maximum absolute atomic E-state index is 13.7. The summed E-state index contributed by atoms with van der Waals surface area (Å²) in [4.78, 5) is 55.1. The van der Waals surface area contributed by atoms with E-state index in [0.717, 1.165) is 17.1 Å². The zero-order chi connectivity index (χ0) is 33.0. The van der Waals surface area contributed by atoms with Gasteiger partial charge < -0.3 is 20.3 Å². The highest BCUT2D eigenvalue weighted by Crippen LogP contribution is 2.45. The van der Waals surface area contributed by atoms with Crippen LogP contribution in [-0.2, 0) is 35.9 Å². The summed E-state index contributed by atoms with van der Waals surface area (Å²) in [5.41, 5.74) is -1.55. The number of hydrogen-bond acceptors (Lipinski definition) is 7. The second-order valence-corrected chi connectivity index (χ2v) is 15.3. The van der Waals surface area contributed by atoms with Crippen molar-refractivity contribution in [1.82, 2.24) is 24.6 Å². The first-order valence-electron chi connectivity index (χ1n) is 15.4. The van der Waals surface area contributed by atoms with E-state index in [1.54, 1.807) is 45.0 Å². The molecule has 1 saturated carbocycles. The maximum atomic E-state index is 13.7. The summed E-state index contributed by atoms with van der Waals surface area (Å²) in [6.07, 6.45) is 7.65. The average molecular weight is 666 g/mol. The molecule has 1 unspecified atom stereocenters. The minimum Gasteiger partial charge on any atom is -0.444 e. The van der Waals surface area contributed by atoms with Crippen LogP contribution in [0, 0.1) is 5.92 Å². The van der Waals surface area contributed by atoms with Crippen LogP contribution in [0.1, 0.15) is 77.7 Å². The molecule has 0 bridgehead atoms. The number of allylic oxidation sites excluding steroid dienone is 1. The van der Waals surface area contributed by atoms with Crippen molar-refractivity contribution in [3.63, 3.8) is 0 Å². The third-order valence-corrected chi connectivity index (χ3v) is 9.92. The fourth-order valence-electron chi connectivity index (χ4n) is 5.76. The summed E-state index contributed by atoms with van der Waals surface area (Å²) < 4.78 is 34.9. The van der Waals surface area contributed by atoms with E-state index in [2.05, 4.69) is 15.4 Å². The van der Waals surface area contributed by atoms with Crippen molar-refractivity contribution in [2.45, 2.75) is 102 Å². The van der Waals surface area contributed by atoms with Gasteiger partial charge in [-0.1, -0.05) is 48.7 Å². The van der Waals surface area contributed by atoms with Crippen molar-refractivity contribution >= 4 is 45.6 Å². The van der Waals surface area contributed by atoms with Gasteiger partial charge in [-0.15, -0.1) is 0 Å². The number of benzene rings is 1. The van der Waals surface area contributed by atoms with Crippen LogP contribution in [-0.4, -0.2) is 78.3 Å². The molecule has 248 valence electrons. The second kappa shape index (κ2) is 14.1. The molecule has 12 nitrogen and oxygen atoms in total. The smallest absolute Gasteiger partial charge is 0.408 e. The highest BCUT2D eigenvalue weighted by molar-refractivity contribution is 7.87. The van der Waals surface area contributed by atoms with Gasteiger partial charge >= 0.3 is 16.3 Å². The van der Waals surface area contributed by atoms with Crippen molar-refractivity contribution in [3.05, 3.63) is 47.0 Å². The van der Waals surface area contributed by atoms with Crippen molar-refractivity contribution in [3.8, 4) is 0 Å². The van der Waals surface area contributed by atoms with E-state index in [0.29, 0.717) is 49.2 Å². The first kappa shape index (κ1) is 34.7. The number of nitrogens with zero attached hydrogens (tertiary/aromatic N) is 2. The van der Waals surface area contributed by atoms with Gasteiger partial charge in [0.25, 0.3) is 5.91 Å². The summed E-state index contributed by atoms with van der Waals surface area (Å²) in [5, 5.41) is 6.05. The number of ether oxygens (including phenoxy) is 1. The van der Waals surface area contributed by atoms with Crippen molar-refractivity contribution < 1.29 is 32.3 Å². The number of nitrogens with one attached hydrogen (secondary N) is 3. The topological polar surface area (TPSA) is 154 Å². The average Bonchev–Trinajstić information content (AvgIpc) is 3.40. The Kier molecular flexibility index (Phi) is 10.9. The third-order valence-electron chi connectivity index (χ3n) is 8.28. The molecule has 4 rings (SSSR count). The van der Waals surface area contributed by atoms with Gasteiger partial charge in [0, 0.05) is 31.1 Å². The number of amides is 4. The second-order valence-electron chi connectivity index (χ2n) is 13.0. The number of rotatable bonds is 6. The van der Waals surface area contributed by atoms with Gasteiger partial charge in [-0.2, -0.15) is 12.7 Å². The van der Waals surface area contributed by atoms with Gasteiger partial charge in [-0.05, 0) is 77.0 Å². The quantitative estimate of drug-likeness (QED) is 0.394. The van der Waals surface area contributed by atoms with E-state index in [1.165, 1.54) is 11.9 Å². The van der Waals surface area contributed by atoms with Crippen molar-refractivity contribution in [2.75, 3.05) is 13.6 Å². The molecule has 1 aliphatic carbocycles. The summed E-state index contributed by atoms with van der Waals surface area (Å²) in [5.74, 6) is -2.16. The fraction of sp³-hybridized carbons (Fsp3) is 0.613. The number of hydrogen-bond donors (Lipinski definition) is 3. The molecule has 2 aliphatic heterocycles. The first-order chi connectivity index (χ1) is 21.1. The molecule has 1 saturated heterocycles. The van der Waals surface area contributed by atoms with E-state index in [-0.39, 0.29) is 18.9 Å². The minimum absolute atomic E-state index is 0.000115. The molecule has 0 aromatic heterocycles. The normalized spacial score (nSPS) is 26.9. The van der Waals surface area contributed by atoms with Gasteiger partial charge in [0.1, 0.15) is 23.2 Å². The van der Waals surface area contributed by atoms with Crippen LogP contribution in [0.4, 0.5) is 4.79 Å². The molecule has 0 spiro atoms. The van der Waals surface area contributed by atoms with Gasteiger partial charge in [0.05, 0.1) is 0 Å². The van der Waals surface area contributed by atoms with E-state index in [4.69, 9.17) is 16.3 Å². The maximum Gasteiger partial charge on any atom is 0.408 e. The number of alkyl carbamates (subject to hydrolysis) is 1. The Balaban J connectivity index is 1.52. The predicted molar refractivity (Wildman–Crippen MR) is 169 cm³/mol. The summed E-state index contributed by atoms with van der Waals surface area (Å²) >= 11 is 5.93. The van der Waals surface area contributed by atoms with Gasteiger partial charge in [-0.25, -0.2) is 9.52 Å². The first-order valence-corrected chi connectivity index (χ1v) is 17.2. The Hall–Kier alpha value is -3.16. The molecular weight excluding hydrogens is 622 g/mol. The van der Waals surface area contributed by atoms with E-state index < -0.39 is 57.3 Å². The Morgan fingerprint density at radius 3 is 2.51 bits per heavy atom. The van der Waals surface area contributed by atoms with Crippen molar-refractivity contribution in [1.29, 1.82) is 0 Å². The monoisotopic (exact) mass is 665 g/mol. The number of carbonyl (C=O) groups excluding carboxylic acids is 4. The fourth-order valence-corrected chi connectivity index (χ4v) is 6.78. The largest absolute Gasteiger partial charge is 0.444 e. The minimum atomic E-state index is -4.26. The van der Waals surface area contributed by atoms with Crippen LogP contribution in [0.15, 0.2) is 36.4 Å². The summed E-state index contributed by atoms with van der Waals surface area (Å²) in [7, 11) is -2.91. The third kappa shape index (κ3) is 8.98. The van der Waals surface area contributed by atoms with Gasteiger partial charge in [-0.3, -0.25) is 14.4 Å². The Bertz CT molecular complexity index is 1410. The molecule has 0 radical (unpaired) electrons. The van der Waals surface area contributed by atoms with Gasteiger partial charge in [0.15, 0.2) is 0 Å². The summed E-state index contributed by atoms with van der Waals surface area (Å²) in [6.45, 7) is 5.52. The SMILES string of the molecule is CN(Cc1ccc(Cl)cc1)S(=O)(=O)NC(=O)[C@@]12CC1/C=C\CCCCC[C@H](NC(=O)OC(C)(C)C)C(=O)N1CCC[C@H]1C(=O)N2. The lowest BCUT2D eigenvalue weighted by Gasteiger charge is -2.30. The molecular formula is C31H44ClN5O7S.